The predicted molar refractivity (Wildman–Crippen MR) is 158 cm³/mol. The fourth-order valence-electron chi connectivity index (χ4n) is 4.31. The van der Waals surface area contributed by atoms with E-state index in [0.29, 0.717) is 0 Å². The third-order valence-electron chi connectivity index (χ3n) is 6.28. The largest absolute Gasteiger partial charge is 0.495 e. The average molecular weight is 517 g/mol. The Balaban J connectivity index is 0.000000391. The molecule has 4 aromatic rings. The number of imidazole rings is 1. The molecule has 202 valence electrons. The van der Waals surface area contributed by atoms with Gasteiger partial charge in [0.15, 0.2) is 0 Å². The number of likely N-dealkylation sites (tertiary alicyclic amines) is 1. The molecule has 7 heteroatoms. The first-order chi connectivity index (χ1) is 18.6. The lowest BCUT2D eigenvalue weighted by atomic mass is 10.1. The number of carbonyl (C=O) groups is 1. The molecule has 1 aliphatic heterocycles. The van der Waals surface area contributed by atoms with Crippen molar-refractivity contribution in [1.82, 2.24) is 14.3 Å². The molecule has 2 aromatic heterocycles. The van der Waals surface area contributed by atoms with E-state index in [4.69, 9.17) is 14.6 Å². The highest BCUT2D eigenvalue weighted by Crippen LogP contribution is 2.31. The minimum Gasteiger partial charge on any atom is -0.495 e. The number of anilines is 1. The van der Waals surface area contributed by atoms with E-state index in [2.05, 4.69) is 75.7 Å². The Hall–Kier alpha value is -4.10. The van der Waals surface area contributed by atoms with E-state index in [-0.39, 0.29) is 0 Å². The van der Waals surface area contributed by atoms with Crippen molar-refractivity contribution in [1.29, 1.82) is 0 Å². The molecule has 7 nitrogen and oxygen atoms in total. The molecule has 0 aliphatic carbocycles. The number of nitrogens with one attached hydrogen (secondary N) is 1. The molecule has 0 bridgehead atoms. The van der Waals surface area contributed by atoms with Gasteiger partial charge >= 0.3 is 0 Å². The highest BCUT2D eigenvalue weighted by Gasteiger charge is 2.17. The van der Waals surface area contributed by atoms with E-state index >= 15 is 0 Å². The third kappa shape index (κ3) is 7.70. The van der Waals surface area contributed by atoms with Crippen molar-refractivity contribution in [2.24, 2.45) is 0 Å². The fraction of sp³-hybridized carbons (Fsp3) is 0.290. The van der Waals surface area contributed by atoms with Gasteiger partial charge < -0.3 is 24.9 Å². The highest BCUT2D eigenvalue weighted by molar-refractivity contribution is 5.73. The number of hydrogen-bond donors (Lipinski definition) is 2. The van der Waals surface area contributed by atoms with Gasteiger partial charge in [0.1, 0.15) is 18.2 Å². The van der Waals surface area contributed by atoms with E-state index in [1.54, 1.807) is 7.11 Å². The first kappa shape index (κ1) is 30.1. The van der Waals surface area contributed by atoms with Gasteiger partial charge in [0.05, 0.1) is 30.4 Å². The Bertz CT molecular complexity index is 1260. The van der Waals surface area contributed by atoms with Gasteiger partial charge in [-0.25, -0.2) is 4.98 Å². The molecule has 0 amide bonds. The van der Waals surface area contributed by atoms with Gasteiger partial charge in [0.25, 0.3) is 0 Å². The number of nitrogens with zero attached hydrogens (tertiary/aromatic N) is 3. The second-order valence-corrected chi connectivity index (χ2v) is 8.60. The first-order valence-corrected chi connectivity index (χ1v) is 12.6. The molecule has 1 fully saturated rings. The Morgan fingerprint density at radius 3 is 2.21 bits per heavy atom. The van der Waals surface area contributed by atoms with Crippen LogP contribution in [0.3, 0.4) is 0 Å². The molecular formula is C31H40N4O3. The zero-order chi connectivity index (χ0) is 27.9. The highest BCUT2D eigenvalue weighted by atomic mass is 16.5. The smallest absolute Gasteiger partial charge is 0.141 e. The van der Waals surface area contributed by atoms with Gasteiger partial charge in [-0.2, -0.15) is 0 Å². The third-order valence-corrected chi connectivity index (χ3v) is 6.28. The second-order valence-electron chi connectivity index (χ2n) is 8.60. The summed E-state index contributed by atoms with van der Waals surface area (Å²) < 4.78 is 7.56. The van der Waals surface area contributed by atoms with Crippen LogP contribution in [0.1, 0.15) is 30.5 Å². The number of aryl methyl sites for hydroxylation is 1. The number of aliphatic hydroxyl groups excluding tert-OH is 1. The van der Waals surface area contributed by atoms with E-state index in [1.165, 1.54) is 24.8 Å². The van der Waals surface area contributed by atoms with E-state index < -0.39 is 0 Å². The van der Waals surface area contributed by atoms with Crippen LogP contribution >= 0.6 is 0 Å². The molecule has 0 spiro atoms. The van der Waals surface area contributed by atoms with Crippen LogP contribution in [0.25, 0.3) is 22.5 Å². The van der Waals surface area contributed by atoms with Crippen LogP contribution in [0.15, 0.2) is 79.6 Å². The number of aromatic nitrogens is 2. The quantitative estimate of drug-likeness (QED) is 0.342. The van der Waals surface area contributed by atoms with Gasteiger partial charge in [0.2, 0.25) is 0 Å². The molecule has 0 unspecified atom stereocenters. The van der Waals surface area contributed by atoms with Crippen molar-refractivity contribution in [2.45, 2.75) is 26.2 Å². The summed E-state index contributed by atoms with van der Waals surface area (Å²) in [5.41, 5.74) is 7.62. The lowest BCUT2D eigenvalue weighted by molar-refractivity contribution is -0.0980. The molecule has 3 heterocycles. The zero-order valence-corrected chi connectivity index (χ0v) is 23.0. The molecule has 1 saturated heterocycles. The maximum atomic E-state index is 8.00. The molecule has 5 rings (SSSR count). The summed E-state index contributed by atoms with van der Waals surface area (Å²) in [7, 11) is 4.59. The summed E-state index contributed by atoms with van der Waals surface area (Å²) in [5.74, 6) is 0.837. The van der Waals surface area contributed by atoms with Crippen LogP contribution < -0.4 is 10.1 Å². The van der Waals surface area contributed by atoms with Crippen molar-refractivity contribution in [3.05, 3.63) is 90.9 Å². The van der Waals surface area contributed by atoms with E-state index in [9.17, 15) is 0 Å². The minimum atomic E-state index is 0.837. The lowest BCUT2D eigenvalue weighted by Gasteiger charge is -2.30. The number of benzene rings is 2. The molecule has 0 atom stereocenters. The molecule has 0 saturated carbocycles. The van der Waals surface area contributed by atoms with Crippen molar-refractivity contribution >= 4 is 23.8 Å². The van der Waals surface area contributed by atoms with Crippen molar-refractivity contribution in [3.63, 3.8) is 0 Å². The predicted octanol–water partition coefficient (Wildman–Crippen LogP) is 5.93. The Morgan fingerprint density at radius 2 is 1.63 bits per heavy atom. The number of hydrogen-bond acceptors (Lipinski definition) is 6. The number of fused-ring (bicyclic) bond motifs is 1. The van der Waals surface area contributed by atoms with Gasteiger partial charge in [-0.1, -0.05) is 48.5 Å². The van der Waals surface area contributed by atoms with E-state index in [0.717, 1.165) is 59.8 Å². The molecule has 2 aromatic carbocycles. The minimum absolute atomic E-state index is 0.837. The number of carbonyl (C=O) groups excluding carboxylic acids is 1. The summed E-state index contributed by atoms with van der Waals surface area (Å²) >= 11 is 0. The van der Waals surface area contributed by atoms with Gasteiger partial charge in [-0.15, -0.1) is 0 Å². The van der Waals surface area contributed by atoms with Crippen LogP contribution in [0.5, 0.6) is 5.75 Å². The van der Waals surface area contributed by atoms with Crippen LogP contribution in [0.4, 0.5) is 5.69 Å². The second kappa shape index (κ2) is 15.9. The summed E-state index contributed by atoms with van der Waals surface area (Å²) in [6, 6.07) is 20.6. The monoisotopic (exact) mass is 516 g/mol. The Morgan fingerprint density at radius 1 is 0.974 bits per heavy atom. The van der Waals surface area contributed by atoms with Crippen molar-refractivity contribution in [2.75, 3.05) is 39.7 Å². The summed E-state index contributed by atoms with van der Waals surface area (Å²) in [6.07, 6.45) is 7.86. The average Bonchev–Trinajstić information content (AvgIpc) is 3.43. The molecule has 2 N–H and O–H groups in total. The van der Waals surface area contributed by atoms with Crippen LogP contribution in [-0.2, 0) is 4.79 Å². The van der Waals surface area contributed by atoms with Gasteiger partial charge in [0, 0.05) is 33.4 Å². The Labute approximate surface area is 226 Å². The van der Waals surface area contributed by atoms with Gasteiger partial charge in [-0.05, 0) is 61.6 Å². The number of pyridine rings is 1. The maximum absolute atomic E-state index is 8.00. The Kier molecular flexibility index (Phi) is 12.6. The number of piperidine rings is 1. The molecule has 1 aliphatic rings. The SMILES string of the molecule is C=C(c1cnc2ccc(-c3ccc(OC)c(NC)c3)cn12)N1CCCCC1.C=O.CO.Cc1ccccc1. The van der Waals surface area contributed by atoms with Crippen molar-refractivity contribution in [3.8, 4) is 16.9 Å². The number of ether oxygens (including phenoxy) is 1. The normalized spacial score (nSPS) is 12.1. The summed E-state index contributed by atoms with van der Waals surface area (Å²) in [5, 5.41) is 10.2. The number of methoxy groups -OCH3 is 1. The van der Waals surface area contributed by atoms with Gasteiger partial charge in [-0.3, -0.25) is 4.40 Å². The van der Waals surface area contributed by atoms with Crippen LogP contribution in [0, 0.1) is 6.92 Å². The number of rotatable bonds is 5. The number of aliphatic hydroxyl groups is 1. The van der Waals surface area contributed by atoms with Crippen LogP contribution in [0.2, 0.25) is 0 Å². The summed E-state index contributed by atoms with van der Waals surface area (Å²) in [4.78, 5) is 15.0. The fourth-order valence-corrected chi connectivity index (χ4v) is 4.31. The summed E-state index contributed by atoms with van der Waals surface area (Å²) in [6.45, 7) is 10.6. The molecule has 38 heavy (non-hydrogen) atoms. The zero-order valence-electron chi connectivity index (χ0n) is 23.0. The molecular weight excluding hydrogens is 476 g/mol. The van der Waals surface area contributed by atoms with E-state index in [1.807, 2.05) is 44.3 Å². The standard InChI is InChI=1S/C22H26N4O.C7H8.CH4O.CH2O/c1-16(25-11-5-4-6-12-25)20-14-24-22-10-8-18(15-26(20)22)17-7-9-21(27-3)19(13-17)23-2;1-7-5-3-2-4-6-7;2*1-2/h7-10,13-15,23H,1,4-6,11-12H2,2-3H3;2-6H,1H3;2H,1H3;1H2. The van der Waals surface area contributed by atoms with Crippen molar-refractivity contribution < 1.29 is 14.6 Å². The first-order valence-electron chi connectivity index (χ1n) is 12.6. The molecule has 0 radical (unpaired) electrons. The lowest BCUT2D eigenvalue weighted by Crippen LogP contribution is -2.28. The topological polar surface area (TPSA) is 79.1 Å². The van der Waals surface area contributed by atoms with Crippen LogP contribution in [-0.4, -0.2) is 60.5 Å². The maximum Gasteiger partial charge on any atom is 0.141 e.